The van der Waals surface area contributed by atoms with Crippen LogP contribution in [0.15, 0.2) is 70.9 Å². The molecule has 2 aliphatic rings. The van der Waals surface area contributed by atoms with Crippen molar-refractivity contribution < 1.29 is 9.59 Å². The molecule has 2 aliphatic heterocycles. The lowest BCUT2D eigenvalue weighted by atomic mass is 9.73. The number of aryl methyl sites for hydroxylation is 4. The maximum atomic E-state index is 14.1. The van der Waals surface area contributed by atoms with Gasteiger partial charge < -0.3 is 0 Å². The number of carbonyl (C=O) groups excluding carboxylic acids is 2. The Kier molecular flexibility index (Phi) is 6.70. The quantitative estimate of drug-likeness (QED) is 0.369. The van der Waals surface area contributed by atoms with Crippen LogP contribution in [0.2, 0.25) is 5.02 Å². The molecule has 3 aromatic carbocycles. The van der Waals surface area contributed by atoms with Crippen molar-refractivity contribution in [1.29, 1.82) is 0 Å². The molecule has 0 spiro atoms. The highest BCUT2D eigenvalue weighted by molar-refractivity contribution is 6.31. The SMILES string of the molecule is CC1=NN(c2ccc(C)cc2C)C(=O)[C@@H]1C(c1ccccc1Cl)[C@H]1C(=O)N(c2ccc(C)cc2C)N=C1C. The summed E-state index contributed by atoms with van der Waals surface area (Å²) in [6, 6.07) is 19.3. The number of carbonyl (C=O) groups is 2. The van der Waals surface area contributed by atoms with E-state index < -0.39 is 17.8 Å². The normalized spacial score (nSPS) is 19.5. The summed E-state index contributed by atoms with van der Waals surface area (Å²) in [5, 5.41) is 12.9. The summed E-state index contributed by atoms with van der Waals surface area (Å²) in [5.74, 6) is -2.26. The van der Waals surface area contributed by atoms with E-state index in [2.05, 4.69) is 0 Å². The van der Waals surface area contributed by atoms with Gasteiger partial charge >= 0.3 is 0 Å². The summed E-state index contributed by atoms with van der Waals surface area (Å²) in [6.07, 6.45) is 0. The highest BCUT2D eigenvalue weighted by Gasteiger charge is 2.50. The first-order valence-electron chi connectivity index (χ1n) is 12.8. The molecule has 6 nitrogen and oxygen atoms in total. The van der Waals surface area contributed by atoms with Gasteiger partial charge in [0.15, 0.2) is 0 Å². The number of halogens is 1. The molecule has 2 amide bonds. The molecular weight excluding hydrogens is 496 g/mol. The zero-order valence-corrected chi connectivity index (χ0v) is 23.2. The Morgan fingerprint density at radius 3 is 1.55 bits per heavy atom. The molecule has 38 heavy (non-hydrogen) atoms. The Morgan fingerprint density at radius 2 is 1.13 bits per heavy atom. The third kappa shape index (κ3) is 4.33. The highest BCUT2D eigenvalue weighted by atomic mass is 35.5. The second kappa shape index (κ2) is 9.84. The lowest BCUT2D eigenvalue weighted by Gasteiger charge is -2.29. The first kappa shape index (κ1) is 25.9. The molecule has 2 atom stereocenters. The van der Waals surface area contributed by atoms with Gasteiger partial charge in [-0.05, 0) is 76.4 Å². The molecule has 0 N–H and O–H groups in total. The zero-order chi connectivity index (χ0) is 27.3. The molecule has 0 saturated heterocycles. The second-order valence-corrected chi connectivity index (χ2v) is 10.8. The van der Waals surface area contributed by atoms with Crippen molar-refractivity contribution in [3.63, 3.8) is 0 Å². The topological polar surface area (TPSA) is 65.3 Å². The van der Waals surface area contributed by atoms with Gasteiger partial charge in [-0.2, -0.15) is 20.2 Å². The van der Waals surface area contributed by atoms with Gasteiger partial charge in [-0.1, -0.05) is 65.2 Å². The molecule has 0 bridgehead atoms. The molecule has 2 heterocycles. The summed E-state index contributed by atoms with van der Waals surface area (Å²) in [4.78, 5) is 28.2. The van der Waals surface area contributed by atoms with E-state index in [0.29, 0.717) is 16.4 Å². The van der Waals surface area contributed by atoms with E-state index in [0.717, 1.165) is 39.2 Å². The number of nitrogens with zero attached hydrogens (tertiary/aromatic N) is 4. The van der Waals surface area contributed by atoms with Crippen molar-refractivity contribution in [2.75, 3.05) is 10.0 Å². The van der Waals surface area contributed by atoms with Gasteiger partial charge in [0.1, 0.15) is 0 Å². The van der Waals surface area contributed by atoms with Gasteiger partial charge in [0.2, 0.25) is 0 Å². The first-order chi connectivity index (χ1) is 18.1. The highest BCUT2D eigenvalue weighted by Crippen LogP contribution is 2.45. The van der Waals surface area contributed by atoms with Crippen LogP contribution in [0.4, 0.5) is 11.4 Å². The minimum Gasteiger partial charge on any atom is -0.272 e. The van der Waals surface area contributed by atoms with Crippen LogP contribution >= 0.6 is 11.6 Å². The lowest BCUT2D eigenvalue weighted by molar-refractivity contribution is -0.122. The Hall–Kier alpha value is -3.77. The standard InChI is InChI=1S/C31H31ClN4O2/c1-17-11-13-25(19(3)15-17)35-30(37)27(21(5)33-35)29(23-9-7-8-10-24(23)32)28-22(6)34-36(31(28)38)26-14-12-18(2)16-20(26)4/h7-16,27-29H,1-6H3/t27-,28-/m0/s1. The fourth-order valence-corrected chi connectivity index (χ4v) is 5.98. The van der Waals surface area contributed by atoms with Crippen LogP contribution < -0.4 is 10.0 Å². The molecule has 0 fully saturated rings. The van der Waals surface area contributed by atoms with E-state index in [1.54, 1.807) is 6.07 Å². The Labute approximate surface area is 228 Å². The van der Waals surface area contributed by atoms with Crippen LogP contribution in [0, 0.1) is 39.5 Å². The fraction of sp³-hybridized carbons (Fsp3) is 0.290. The van der Waals surface area contributed by atoms with Gasteiger partial charge in [0, 0.05) is 22.4 Å². The van der Waals surface area contributed by atoms with Gasteiger partial charge in [-0.3, -0.25) is 9.59 Å². The lowest BCUT2D eigenvalue weighted by Crippen LogP contribution is -2.40. The van der Waals surface area contributed by atoms with Crippen LogP contribution in [-0.2, 0) is 9.59 Å². The first-order valence-corrected chi connectivity index (χ1v) is 13.1. The molecule has 3 aromatic rings. The predicted molar refractivity (Wildman–Crippen MR) is 154 cm³/mol. The minimum atomic E-state index is -0.672. The number of rotatable bonds is 5. The van der Waals surface area contributed by atoms with E-state index in [1.807, 2.05) is 96.1 Å². The van der Waals surface area contributed by atoms with Crippen LogP contribution in [0.3, 0.4) is 0 Å². The summed E-state index contributed by atoms with van der Waals surface area (Å²) in [6.45, 7) is 11.7. The number of hydrazone groups is 2. The second-order valence-electron chi connectivity index (χ2n) is 10.4. The number of hydrogen-bond donors (Lipinski definition) is 0. The third-order valence-corrected chi connectivity index (χ3v) is 7.85. The molecule has 0 radical (unpaired) electrons. The van der Waals surface area contributed by atoms with Crippen LogP contribution in [0.5, 0.6) is 0 Å². The van der Waals surface area contributed by atoms with Crippen LogP contribution in [-0.4, -0.2) is 23.2 Å². The molecule has 5 rings (SSSR count). The maximum absolute atomic E-state index is 14.1. The number of amides is 2. The molecule has 194 valence electrons. The smallest absolute Gasteiger partial charge is 0.256 e. The number of hydrogen-bond acceptors (Lipinski definition) is 4. The Bertz CT molecular complexity index is 1430. The van der Waals surface area contributed by atoms with Gasteiger partial charge in [-0.25, -0.2) is 0 Å². The van der Waals surface area contributed by atoms with Crippen molar-refractivity contribution in [2.24, 2.45) is 22.0 Å². The van der Waals surface area contributed by atoms with E-state index in [9.17, 15) is 9.59 Å². The largest absolute Gasteiger partial charge is 0.272 e. The maximum Gasteiger partial charge on any atom is 0.256 e. The molecule has 0 saturated carbocycles. The van der Waals surface area contributed by atoms with Gasteiger partial charge in [0.05, 0.1) is 23.2 Å². The van der Waals surface area contributed by atoms with Crippen molar-refractivity contribution >= 4 is 46.2 Å². The third-order valence-electron chi connectivity index (χ3n) is 7.51. The van der Waals surface area contributed by atoms with Crippen LogP contribution in [0.25, 0.3) is 0 Å². The molecule has 7 heteroatoms. The molecule has 0 aromatic heterocycles. The van der Waals surface area contributed by atoms with Crippen molar-refractivity contribution in [1.82, 2.24) is 0 Å². The monoisotopic (exact) mass is 526 g/mol. The summed E-state index contributed by atoms with van der Waals surface area (Å²) < 4.78 is 0. The van der Waals surface area contributed by atoms with E-state index in [1.165, 1.54) is 10.0 Å². The van der Waals surface area contributed by atoms with E-state index in [-0.39, 0.29) is 11.8 Å². The summed E-state index contributed by atoms with van der Waals surface area (Å²) in [5.41, 5.74) is 7.63. The van der Waals surface area contributed by atoms with Gasteiger partial charge in [0.25, 0.3) is 11.8 Å². The van der Waals surface area contributed by atoms with Gasteiger partial charge in [-0.15, -0.1) is 0 Å². The molecule has 0 aliphatic carbocycles. The number of benzene rings is 3. The van der Waals surface area contributed by atoms with Crippen molar-refractivity contribution in [3.8, 4) is 0 Å². The Balaban J connectivity index is 1.60. The van der Waals surface area contributed by atoms with E-state index >= 15 is 0 Å². The van der Waals surface area contributed by atoms with Crippen molar-refractivity contribution in [3.05, 3.63) is 93.5 Å². The summed E-state index contributed by atoms with van der Waals surface area (Å²) in [7, 11) is 0. The average molecular weight is 527 g/mol. The average Bonchev–Trinajstić information content (AvgIpc) is 3.30. The summed E-state index contributed by atoms with van der Waals surface area (Å²) >= 11 is 6.73. The fourth-order valence-electron chi connectivity index (χ4n) is 5.71. The van der Waals surface area contributed by atoms with Crippen molar-refractivity contribution in [2.45, 2.75) is 47.5 Å². The molecule has 0 unspecified atom stereocenters. The number of anilines is 2. The van der Waals surface area contributed by atoms with E-state index in [4.69, 9.17) is 21.8 Å². The minimum absolute atomic E-state index is 0.176. The van der Waals surface area contributed by atoms with Crippen LogP contribution in [0.1, 0.15) is 47.6 Å². The Morgan fingerprint density at radius 1 is 0.684 bits per heavy atom. The molecular formula is C31H31ClN4O2. The zero-order valence-electron chi connectivity index (χ0n) is 22.5. The predicted octanol–water partition coefficient (Wildman–Crippen LogP) is 6.74.